The Bertz CT molecular complexity index is 1930. The predicted octanol–water partition coefficient (Wildman–Crippen LogP) is 7.26. The van der Waals surface area contributed by atoms with Crippen LogP contribution >= 0.6 is 11.6 Å². The molecule has 10 nitrogen and oxygen atoms in total. The highest BCUT2D eigenvalue weighted by molar-refractivity contribution is 7.89. The van der Waals surface area contributed by atoms with Crippen LogP contribution in [0.2, 0.25) is 5.02 Å². The van der Waals surface area contributed by atoms with Crippen molar-refractivity contribution in [2.45, 2.75) is 105 Å². The molecule has 53 heavy (non-hydrogen) atoms. The van der Waals surface area contributed by atoms with Crippen molar-refractivity contribution in [3.05, 3.63) is 65.2 Å². The fourth-order valence-corrected chi connectivity index (χ4v) is 8.48. The van der Waals surface area contributed by atoms with Crippen LogP contribution in [0.1, 0.15) is 69.8 Å². The Morgan fingerprint density at radius 1 is 0.811 bits per heavy atom. The molecule has 0 spiro atoms. The summed E-state index contributed by atoms with van der Waals surface area (Å²) >= 11 is 6.27. The number of halogens is 6. The summed E-state index contributed by atoms with van der Waals surface area (Å²) in [5.41, 5.74) is 4.93. The number of nitrogens with zero attached hydrogens (tertiary/aromatic N) is 2. The molecule has 0 radical (unpaired) electrons. The molecule has 3 aromatic rings. The third kappa shape index (κ3) is 8.66. The van der Waals surface area contributed by atoms with E-state index in [1.54, 1.807) is 12.1 Å². The van der Waals surface area contributed by atoms with E-state index in [1.165, 1.54) is 12.1 Å². The monoisotopic (exact) mass is 787 g/mol. The number of piperidine rings is 1. The highest BCUT2D eigenvalue weighted by Crippen LogP contribution is 2.43. The molecule has 288 valence electrons. The van der Waals surface area contributed by atoms with Crippen molar-refractivity contribution in [1.29, 1.82) is 0 Å². The molecular weight excluding hydrogens is 749 g/mol. The van der Waals surface area contributed by atoms with Crippen LogP contribution in [0.15, 0.2) is 59.5 Å². The van der Waals surface area contributed by atoms with Gasteiger partial charge in [-0.2, -0.15) is 22.0 Å². The Kier molecular flexibility index (Phi) is 11.4. The van der Waals surface area contributed by atoms with E-state index in [0.29, 0.717) is 24.0 Å². The van der Waals surface area contributed by atoms with Gasteiger partial charge in [0, 0.05) is 24.7 Å². The quantitative estimate of drug-likeness (QED) is 0.159. The van der Waals surface area contributed by atoms with Crippen LogP contribution in [0.3, 0.4) is 0 Å². The molecule has 3 fully saturated rings. The maximum absolute atomic E-state index is 17.1. The molecule has 1 atom stereocenters. The number of hydrogen-bond acceptors (Lipinski definition) is 8. The van der Waals surface area contributed by atoms with Crippen molar-refractivity contribution in [3.8, 4) is 11.5 Å². The number of sulfonamides is 1. The summed E-state index contributed by atoms with van der Waals surface area (Å²) in [7, 11) is -5.65. The van der Waals surface area contributed by atoms with Crippen LogP contribution in [-0.4, -0.2) is 73.2 Å². The van der Waals surface area contributed by atoms with Gasteiger partial charge in [-0.1, -0.05) is 29.8 Å². The summed E-state index contributed by atoms with van der Waals surface area (Å²) < 4.78 is 115. The number of hydrogen-bond donors (Lipinski definition) is 1. The molecule has 2 saturated carbocycles. The molecule has 2 N–H and O–H groups in total. The summed E-state index contributed by atoms with van der Waals surface area (Å²) in [6.45, 7) is -0.433. The second-order valence-electron chi connectivity index (χ2n) is 13.7. The number of alkyl halides is 5. The van der Waals surface area contributed by atoms with Gasteiger partial charge in [0.05, 0.1) is 22.1 Å². The minimum Gasteiger partial charge on any atom is -0.490 e. The number of hydroxylamine groups is 1. The van der Waals surface area contributed by atoms with Crippen molar-refractivity contribution in [2.24, 2.45) is 5.73 Å². The van der Waals surface area contributed by atoms with Crippen LogP contribution in [0, 0.1) is 0 Å². The highest BCUT2D eigenvalue weighted by Gasteiger charge is 2.59. The molecule has 2 aliphatic carbocycles. The zero-order valence-corrected chi connectivity index (χ0v) is 30.1. The molecule has 1 aliphatic heterocycles. The van der Waals surface area contributed by atoms with Crippen LogP contribution in [0.5, 0.6) is 11.5 Å². The van der Waals surface area contributed by atoms with Crippen molar-refractivity contribution in [2.75, 3.05) is 13.1 Å². The Morgan fingerprint density at radius 3 is 2.02 bits per heavy atom. The van der Waals surface area contributed by atoms with Gasteiger partial charge in [-0.05, 0) is 116 Å². The first-order valence-corrected chi connectivity index (χ1v) is 19.3. The second kappa shape index (κ2) is 15.6. The predicted molar refractivity (Wildman–Crippen MR) is 184 cm³/mol. The number of carbonyl (C=O) groups is 2. The van der Waals surface area contributed by atoms with Gasteiger partial charge >= 0.3 is 18.1 Å². The summed E-state index contributed by atoms with van der Waals surface area (Å²) in [5, 5.41) is 0.653. The van der Waals surface area contributed by atoms with Gasteiger partial charge in [0.1, 0.15) is 11.5 Å². The van der Waals surface area contributed by atoms with E-state index >= 15 is 8.78 Å². The average Bonchev–Trinajstić information content (AvgIpc) is 3.83. The number of fused-ring (bicyclic) bond motifs is 1. The molecule has 1 heterocycles. The first-order valence-electron chi connectivity index (χ1n) is 17.5. The minimum absolute atomic E-state index is 0.0155. The van der Waals surface area contributed by atoms with Gasteiger partial charge < -0.3 is 24.9 Å². The van der Waals surface area contributed by atoms with E-state index in [4.69, 9.17) is 26.8 Å². The maximum Gasteiger partial charge on any atom is 0.492 e. The molecule has 3 aliphatic rings. The molecule has 0 aromatic heterocycles. The lowest BCUT2D eigenvalue weighted by Crippen LogP contribution is -2.60. The van der Waals surface area contributed by atoms with E-state index in [1.807, 2.05) is 0 Å². The topological polar surface area (TPSA) is 128 Å². The number of rotatable bonds is 11. The zero-order chi connectivity index (χ0) is 38.1. The lowest BCUT2D eigenvalue weighted by Gasteiger charge is -2.38. The molecular formula is C36H39ClF5N3O7S. The van der Waals surface area contributed by atoms with E-state index in [2.05, 4.69) is 4.84 Å². The van der Waals surface area contributed by atoms with Gasteiger partial charge in [0.15, 0.2) is 0 Å². The third-order valence-electron chi connectivity index (χ3n) is 9.88. The fraction of sp³-hybridized carbons (Fsp3) is 0.500. The van der Waals surface area contributed by atoms with Gasteiger partial charge in [-0.3, -0.25) is 4.79 Å². The lowest BCUT2D eigenvalue weighted by molar-refractivity contribution is -0.239. The van der Waals surface area contributed by atoms with Gasteiger partial charge in [-0.25, -0.2) is 13.2 Å². The van der Waals surface area contributed by atoms with Crippen LogP contribution in [0.4, 0.5) is 22.0 Å². The van der Waals surface area contributed by atoms with Gasteiger partial charge in [-0.15, -0.1) is 0 Å². The highest BCUT2D eigenvalue weighted by atomic mass is 35.5. The Morgan fingerprint density at radius 2 is 1.40 bits per heavy atom. The van der Waals surface area contributed by atoms with Crippen LogP contribution < -0.4 is 15.2 Å². The van der Waals surface area contributed by atoms with E-state index in [9.17, 15) is 31.2 Å². The minimum atomic E-state index is -5.84. The molecule has 1 saturated heterocycles. The van der Waals surface area contributed by atoms with Gasteiger partial charge in [0.2, 0.25) is 6.04 Å². The zero-order valence-electron chi connectivity index (χ0n) is 28.5. The van der Waals surface area contributed by atoms with Crippen LogP contribution in [0.25, 0.3) is 10.8 Å². The maximum atomic E-state index is 17.1. The normalized spacial score (nSPS) is 18.8. The fourth-order valence-electron chi connectivity index (χ4n) is 6.93. The third-order valence-corrected chi connectivity index (χ3v) is 11.8. The van der Waals surface area contributed by atoms with Crippen molar-refractivity contribution >= 4 is 44.3 Å². The first-order chi connectivity index (χ1) is 25.0. The molecule has 17 heteroatoms. The largest absolute Gasteiger partial charge is 0.492 e. The standard InChI is InChI=1S/C36H39ClF5N3O7S/c37-30-14-11-24(21-31(30)51-27-7-3-4-8-27)35(38,39)32(33(46)44-17-15-25(43)16-18-44)45(52-34(47)36(40,41)42)53(48,49)29-13-10-22-19-28(12-9-23(22)20-29)50-26-5-1-2-6-26/h9-14,19-21,25-27,32H,1-8,15-18,43H2/t32-/m0/s1. The van der Waals surface area contributed by atoms with E-state index in [0.717, 1.165) is 73.8 Å². The summed E-state index contributed by atoms with van der Waals surface area (Å²) in [4.78, 5) is 30.9. The number of ether oxygens (including phenoxy) is 2. The molecule has 6 rings (SSSR count). The lowest BCUT2D eigenvalue weighted by atomic mass is 9.98. The smallest absolute Gasteiger partial charge is 0.490 e. The number of nitrogens with two attached hydrogens (primary N) is 1. The Labute approximate surface area is 308 Å². The summed E-state index contributed by atoms with van der Waals surface area (Å²) in [5.74, 6) is -9.06. The Hall–Kier alpha value is -3.73. The number of carbonyl (C=O) groups excluding carboxylic acids is 2. The summed E-state index contributed by atoms with van der Waals surface area (Å²) in [6, 6.07) is 6.91. The SMILES string of the molecule is NC1CCN(C(=O)[C@H](N(OC(=O)C(F)(F)F)S(=O)(=O)c2ccc3cc(OC4CCCC4)ccc3c2)C(F)(F)c2ccc(Cl)c(OC3CCCC3)c2)CC1. The number of amides is 1. The van der Waals surface area contributed by atoms with Crippen LogP contribution in [-0.2, 0) is 30.4 Å². The number of benzene rings is 3. The second-order valence-corrected chi connectivity index (χ2v) is 15.9. The molecule has 3 aromatic carbocycles. The molecule has 0 unspecified atom stereocenters. The van der Waals surface area contributed by atoms with Gasteiger partial charge in [0.25, 0.3) is 15.9 Å². The number of likely N-dealkylation sites (tertiary alicyclic amines) is 1. The molecule has 1 amide bonds. The van der Waals surface area contributed by atoms with E-state index in [-0.39, 0.29) is 54.3 Å². The van der Waals surface area contributed by atoms with Crippen molar-refractivity contribution in [3.63, 3.8) is 0 Å². The molecule has 0 bridgehead atoms. The van der Waals surface area contributed by atoms with E-state index < -0.39 is 61.0 Å². The Balaban J connectivity index is 1.44. The van der Waals surface area contributed by atoms with Crippen molar-refractivity contribution in [1.82, 2.24) is 9.37 Å². The first kappa shape index (κ1) is 39.0. The summed E-state index contributed by atoms with van der Waals surface area (Å²) in [6.07, 6.45) is 0.796. The van der Waals surface area contributed by atoms with Crippen molar-refractivity contribution < 1.29 is 54.3 Å². The average molecular weight is 788 g/mol.